The minimum Gasteiger partial charge on any atom is -0.465 e. The number of carbonyl (C=O) groups excluding carboxylic acids is 1. The van der Waals surface area contributed by atoms with Crippen molar-refractivity contribution in [3.05, 3.63) is 23.7 Å². The molecule has 3 rings (SSSR count). The van der Waals surface area contributed by atoms with Crippen LogP contribution >= 0.6 is 0 Å². The fourth-order valence-corrected chi connectivity index (χ4v) is 3.47. The molecule has 1 N–H and O–H groups in total. The number of likely N-dealkylation sites (tertiary alicyclic amines) is 1. The van der Waals surface area contributed by atoms with E-state index < -0.39 is 0 Å². The van der Waals surface area contributed by atoms with Gasteiger partial charge in [-0.2, -0.15) is 0 Å². The lowest BCUT2D eigenvalue weighted by Gasteiger charge is -2.33. The average molecular weight is 306 g/mol. The predicted molar refractivity (Wildman–Crippen MR) is 83.4 cm³/mol. The molecule has 3 atom stereocenters. The fourth-order valence-electron chi connectivity index (χ4n) is 3.47. The second kappa shape index (κ2) is 6.42. The van der Waals surface area contributed by atoms with Crippen molar-refractivity contribution < 1.29 is 13.9 Å². The molecule has 1 aromatic heterocycles. The highest BCUT2D eigenvalue weighted by Crippen LogP contribution is 2.33. The molecule has 0 aromatic carbocycles. The molecule has 2 saturated heterocycles. The van der Waals surface area contributed by atoms with Crippen LogP contribution in [-0.2, 0) is 16.1 Å². The monoisotopic (exact) mass is 306 g/mol. The van der Waals surface area contributed by atoms with Gasteiger partial charge in [0.2, 0.25) is 5.91 Å². The number of rotatable bonds is 4. The molecule has 22 heavy (non-hydrogen) atoms. The van der Waals surface area contributed by atoms with E-state index in [1.54, 1.807) is 0 Å². The molecule has 2 aliphatic rings. The van der Waals surface area contributed by atoms with Crippen LogP contribution in [0.5, 0.6) is 0 Å². The van der Waals surface area contributed by atoms with Crippen molar-refractivity contribution in [1.29, 1.82) is 0 Å². The number of ether oxygens (including phenoxy) is 1. The summed E-state index contributed by atoms with van der Waals surface area (Å²) >= 11 is 0. The van der Waals surface area contributed by atoms with Gasteiger partial charge in [-0.05, 0) is 58.2 Å². The minimum absolute atomic E-state index is 0.0395. The van der Waals surface area contributed by atoms with Crippen LogP contribution in [-0.4, -0.2) is 42.1 Å². The molecule has 3 heterocycles. The lowest BCUT2D eigenvalue weighted by molar-refractivity contribution is -0.133. The van der Waals surface area contributed by atoms with Crippen molar-refractivity contribution in [2.45, 2.75) is 58.4 Å². The van der Waals surface area contributed by atoms with Crippen molar-refractivity contribution in [3.8, 4) is 0 Å². The predicted octanol–water partition coefficient (Wildman–Crippen LogP) is 2.09. The van der Waals surface area contributed by atoms with Crippen molar-refractivity contribution in [3.63, 3.8) is 0 Å². The first-order chi connectivity index (χ1) is 10.5. The van der Waals surface area contributed by atoms with Gasteiger partial charge in [0.25, 0.3) is 0 Å². The molecule has 0 saturated carbocycles. The topological polar surface area (TPSA) is 54.7 Å². The number of nitrogens with one attached hydrogen (secondary N) is 1. The zero-order chi connectivity index (χ0) is 15.7. The summed E-state index contributed by atoms with van der Waals surface area (Å²) < 4.78 is 11.7. The largest absolute Gasteiger partial charge is 0.465 e. The van der Waals surface area contributed by atoms with Crippen LogP contribution in [0, 0.1) is 12.8 Å². The minimum atomic E-state index is -0.275. The van der Waals surface area contributed by atoms with E-state index in [9.17, 15) is 4.79 Å². The maximum Gasteiger partial charge on any atom is 0.249 e. The van der Waals surface area contributed by atoms with E-state index in [1.807, 2.05) is 32.9 Å². The third kappa shape index (κ3) is 3.52. The van der Waals surface area contributed by atoms with Crippen LogP contribution < -0.4 is 5.32 Å². The zero-order valence-electron chi connectivity index (χ0n) is 13.7. The van der Waals surface area contributed by atoms with Gasteiger partial charge in [0.05, 0.1) is 12.6 Å². The molecule has 0 bridgehead atoms. The summed E-state index contributed by atoms with van der Waals surface area (Å²) in [6, 6.07) is 4.20. The van der Waals surface area contributed by atoms with Gasteiger partial charge < -0.3 is 14.5 Å². The van der Waals surface area contributed by atoms with Crippen LogP contribution in [0.3, 0.4) is 0 Å². The maximum absolute atomic E-state index is 12.1. The Morgan fingerprint density at radius 2 is 2.27 bits per heavy atom. The first-order valence-corrected chi connectivity index (χ1v) is 8.25. The Morgan fingerprint density at radius 3 is 2.95 bits per heavy atom. The molecule has 2 aliphatic heterocycles. The lowest BCUT2D eigenvalue weighted by atomic mass is 9.91. The van der Waals surface area contributed by atoms with E-state index in [-0.39, 0.29) is 24.2 Å². The Labute approximate surface area is 132 Å². The van der Waals surface area contributed by atoms with Gasteiger partial charge in [-0.25, -0.2) is 0 Å². The van der Waals surface area contributed by atoms with E-state index in [0.717, 1.165) is 44.0 Å². The number of fused-ring (bicyclic) bond motifs is 1. The summed E-state index contributed by atoms with van der Waals surface area (Å²) in [5.74, 6) is 2.51. The van der Waals surface area contributed by atoms with Gasteiger partial charge in [0.1, 0.15) is 17.6 Å². The Hall–Kier alpha value is -1.33. The van der Waals surface area contributed by atoms with Gasteiger partial charge in [-0.3, -0.25) is 9.69 Å². The number of nitrogens with zero attached hydrogens (tertiary/aromatic N) is 1. The van der Waals surface area contributed by atoms with E-state index in [4.69, 9.17) is 9.15 Å². The summed E-state index contributed by atoms with van der Waals surface area (Å²) in [4.78, 5) is 14.5. The second-order valence-corrected chi connectivity index (χ2v) is 6.86. The molecule has 122 valence electrons. The Balaban J connectivity index is 1.54. The van der Waals surface area contributed by atoms with Crippen LogP contribution in [0.1, 0.15) is 38.2 Å². The quantitative estimate of drug-likeness (QED) is 0.925. The highest BCUT2D eigenvalue weighted by atomic mass is 16.5. The molecule has 0 radical (unpaired) electrons. The van der Waals surface area contributed by atoms with Crippen molar-refractivity contribution in [2.24, 2.45) is 5.92 Å². The number of amides is 1. The normalized spacial score (nSPS) is 28.8. The van der Waals surface area contributed by atoms with E-state index >= 15 is 0 Å². The molecule has 5 nitrogen and oxygen atoms in total. The molecule has 0 spiro atoms. The maximum atomic E-state index is 12.1. The van der Waals surface area contributed by atoms with Gasteiger partial charge in [0, 0.05) is 12.6 Å². The van der Waals surface area contributed by atoms with Crippen molar-refractivity contribution >= 4 is 5.91 Å². The van der Waals surface area contributed by atoms with Gasteiger partial charge in [-0.1, -0.05) is 0 Å². The number of hydrogen-bond donors (Lipinski definition) is 1. The highest BCUT2D eigenvalue weighted by Gasteiger charge is 2.41. The summed E-state index contributed by atoms with van der Waals surface area (Å²) in [6.45, 7) is 8.68. The number of aryl methyl sites for hydroxylation is 1. The molecule has 1 aromatic rings. The van der Waals surface area contributed by atoms with E-state index in [2.05, 4.69) is 10.2 Å². The summed E-state index contributed by atoms with van der Waals surface area (Å²) in [5, 5.41) is 2.96. The Bertz CT molecular complexity index is 526. The fraction of sp³-hybridized carbons (Fsp3) is 0.706. The van der Waals surface area contributed by atoms with Gasteiger partial charge in [-0.15, -0.1) is 0 Å². The molecule has 0 unspecified atom stereocenters. The molecule has 5 heteroatoms. The second-order valence-electron chi connectivity index (χ2n) is 6.86. The van der Waals surface area contributed by atoms with Crippen molar-refractivity contribution in [1.82, 2.24) is 10.2 Å². The SMILES string of the molecule is Cc1ccc(CN2CC[C@@H]3C[C@H](C(=O)NC(C)C)O[C@H]3C2)o1. The smallest absolute Gasteiger partial charge is 0.249 e. The number of carbonyl (C=O) groups is 1. The number of hydrogen-bond acceptors (Lipinski definition) is 4. The summed E-state index contributed by atoms with van der Waals surface area (Å²) in [5.41, 5.74) is 0. The Morgan fingerprint density at radius 1 is 1.45 bits per heavy atom. The molecular weight excluding hydrogens is 280 g/mol. The van der Waals surface area contributed by atoms with Crippen LogP contribution in [0.25, 0.3) is 0 Å². The van der Waals surface area contributed by atoms with Crippen LogP contribution in [0.4, 0.5) is 0 Å². The zero-order valence-corrected chi connectivity index (χ0v) is 13.7. The van der Waals surface area contributed by atoms with Gasteiger partial charge >= 0.3 is 0 Å². The van der Waals surface area contributed by atoms with E-state index in [0.29, 0.717) is 5.92 Å². The van der Waals surface area contributed by atoms with Crippen LogP contribution in [0.2, 0.25) is 0 Å². The highest BCUT2D eigenvalue weighted by molar-refractivity contribution is 5.81. The van der Waals surface area contributed by atoms with E-state index in [1.165, 1.54) is 0 Å². The molecule has 2 fully saturated rings. The third-order valence-corrected chi connectivity index (χ3v) is 4.53. The first-order valence-electron chi connectivity index (χ1n) is 8.25. The number of furan rings is 1. The summed E-state index contributed by atoms with van der Waals surface area (Å²) in [6.07, 6.45) is 1.85. The first kappa shape index (κ1) is 15.6. The Kier molecular flexibility index (Phi) is 4.54. The van der Waals surface area contributed by atoms with Crippen molar-refractivity contribution in [2.75, 3.05) is 13.1 Å². The van der Waals surface area contributed by atoms with Gasteiger partial charge in [0.15, 0.2) is 0 Å². The standard InChI is InChI=1S/C17H26N2O3/c1-11(2)18-17(20)15-8-13-6-7-19(10-16(13)22-15)9-14-5-4-12(3)21-14/h4-5,11,13,15-16H,6-10H2,1-3H3,(H,18,20)/t13-,15-,16+/m1/s1. The number of piperidine rings is 1. The van der Waals surface area contributed by atoms with Crippen LogP contribution in [0.15, 0.2) is 16.5 Å². The molecule has 1 amide bonds. The molecular formula is C17H26N2O3. The third-order valence-electron chi connectivity index (χ3n) is 4.53. The average Bonchev–Trinajstić information content (AvgIpc) is 3.04. The molecule has 0 aliphatic carbocycles. The summed E-state index contributed by atoms with van der Waals surface area (Å²) in [7, 11) is 0. The lowest BCUT2D eigenvalue weighted by Crippen LogP contribution is -2.42.